The van der Waals surface area contributed by atoms with Crippen LogP contribution in [0.2, 0.25) is 0 Å². The molecule has 0 spiro atoms. The third-order valence-corrected chi connectivity index (χ3v) is 16.0. The molecule has 6 N–H and O–H groups in total. The number of aliphatic hydroxyl groups excluding tert-OH is 4. The molecule has 7 atom stereocenters. The zero-order valence-electron chi connectivity index (χ0n) is 48.6. The summed E-state index contributed by atoms with van der Waals surface area (Å²) in [5, 5.41) is 45.2. The SMILES string of the molecule is CCCCCCCCCCCCCC/C=C\CCCCCCCCCCCCCCCCCCC(=O)NC(COC1OC(CO)C(O)C(OS(=O)(=O)O)C1O)C(O)CCCCCCCCCCCCCCCCCC. The van der Waals surface area contributed by atoms with Gasteiger partial charge in [0.15, 0.2) is 6.29 Å². The Hall–Kier alpha value is -1.16. The summed E-state index contributed by atoms with van der Waals surface area (Å²) >= 11 is 0. The Morgan fingerprint density at radius 2 is 0.853 bits per heavy atom. The molecule has 12 nitrogen and oxygen atoms in total. The fourth-order valence-electron chi connectivity index (χ4n) is 10.6. The zero-order valence-corrected chi connectivity index (χ0v) is 49.5. The Balaban J connectivity index is 2.22. The summed E-state index contributed by atoms with van der Waals surface area (Å²) in [6, 6.07) is -0.855. The minimum atomic E-state index is -5.08. The lowest BCUT2D eigenvalue weighted by molar-refractivity contribution is -0.298. The summed E-state index contributed by atoms with van der Waals surface area (Å²) in [5.41, 5.74) is 0. The predicted octanol–water partition coefficient (Wildman–Crippen LogP) is 15.8. The Morgan fingerprint density at radius 3 is 1.20 bits per heavy atom. The summed E-state index contributed by atoms with van der Waals surface area (Å²) in [7, 11) is -5.08. The van der Waals surface area contributed by atoms with Crippen molar-refractivity contribution in [2.75, 3.05) is 13.2 Å². The van der Waals surface area contributed by atoms with Crippen LogP contribution in [0.25, 0.3) is 0 Å². The van der Waals surface area contributed by atoms with Gasteiger partial charge in [-0.1, -0.05) is 289 Å². The first-order valence-electron chi connectivity index (χ1n) is 32.1. The third kappa shape index (κ3) is 44.3. The van der Waals surface area contributed by atoms with Crippen LogP contribution in [0, 0.1) is 0 Å². The summed E-state index contributed by atoms with van der Waals surface area (Å²) in [6.07, 6.45) is 55.3. The van der Waals surface area contributed by atoms with Crippen LogP contribution in [0.15, 0.2) is 12.2 Å². The third-order valence-electron chi connectivity index (χ3n) is 15.6. The smallest absolute Gasteiger partial charge is 0.394 e. The van der Waals surface area contributed by atoms with Gasteiger partial charge in [-0.05, 0) is 38.5 Å². The predicted molar refractivity (Wildman–Crippen MR) is 310 cm³/mol. The molecule has 0 aromatic heterocycles. The second-order valence-electron chi connectivity index (χ2n) is 22.7. The van der Waals surface area contributed by atoms with E-state index in [0.29, 0.717) is 12.8 Å². The van der Waals surface area contributed by atoms with Crippen molar-refractivity contribution >= 4 is 16.3 Å². The maximum atomic E-state index is 13.2. The molecule has 13 heteroatoms. The fraction of sp³-hybridized carbons (Fsp3) is 0.952. The van der Waals surface area contributed by atoms with Crippen LogP contribution in [0.3, 0.4) is 0 Å². The van der Waals surface area contributed by atoms with Crippen LogP contribution in [0.4, 0.5) is 0 Å². The largest absolute Gasteiger partial charge is 0.397 e. The second kappa shape index (κ2) is 52.2. The molecule has 75 heavy (non-hydrogen) atoms. The highest BCUT2D eigenvalue weighted by Crippen LogP contribution is 2.26. The van der Waals surface area contributed by atoms with Gasteiger partial charge in [0.05, 0.1) is 25.4 Å². The molecule has 0 aliphatic carbocycles. The van der Waals surface area contributed by atoms with Crippen LogP contribution in [-0.2, 0) is 28.9 Å². The summed E-state index contributed by atoms with van der Waals surface area (Å²) in [5.74, 6) is -0.223. The zero-order chi connectivity index (χ0) is 54.7. The van der Waals surface area contributed by atoms with Gasteiger partial charge in [-0.15, -0.1) is 0 Å². The normalized spacial score (nSPS) is 19.1. The minimum Gasteiger partial charge on any atom is -0.394 e. The van der Waals surface area contributed by atoms with E-state index in [9.17, 15) is 38.2 Å². The number of amides is 1. The Labute approximate surface area is 461 Å². The first-order valence-corrected chi connectivity index (χ1v) is 33.4. The van der Waals surface area contributed by atoms with Crippen LogP contribution in [-0.4, -0.2) is 95.4 Å². The number of hydrogen-bond acceptors (Lipinski definition) is 10. The van der Waals surface area contributed by atoms with E-state index < -0.39 is 59.9 Å². The van der Waals surface area contributed by atoms with Crippen molar-refractivity contribution in [1.82, 2.24) is 5.32 Å². The number of aliphatic hydroxyl groups is 4. The molecule has 1 saturated heterocycles. The van der Waals surface area contributed by atoms with Crippen LogP contribution in [0.5, 0.6) is 0 Å². The molecule has 0 saturated carbocycles. The van der Waals surface area contributed by atoms with Gasteiger partial charge in [-0.25, -0.2) is 4.18 Å². The summed E-state index contributed by atoms with van der Waals surface area (Å²) in [6.45, 7) is 3.50. The highest BCUT2D eigenvalue weighted by molar-refractivity contribution is 7.80. The summed E-state index contributed by atoms with van der Waals surface area (Å²) in [4.78, 5) is 13.2. The first kappa shape index (κ1) is 71.9. The van der Waals surface area contributed by atoms with Gasteiger partial charge in [0, 0.05) is 6.42 Å². The molecular formula is C62H121NO11S. The molecule has 1 fully saturated rings. The molecule has 1 amide bonds. The van der Waals surface area contributed by atoms with Gasteiger partial charge in [-0.3, -0.25) is 9.35 Å². The van der Waals surface area contributed by atoms with Gasteiger partial charge in [0.2, 0.25) is 5.91 Å². The number of nitrogens with one attached hydrogen (secondary N) is 1. The molecule has 1 aliphatic heterocycles. The standard InChI is InChI=1S/C62H121NO11S/c1-3-5-7-9-11-13-15-17-19-21-22-23-24-25-26-27-28-29-30-31-32-33-34-35-36-38-40-42-44-46-48-50-52-58(66)63-55(54-72-62-60(68)61(74-75(69,70)71)59(67)57(53-64)73-62)56(65)51-49-47-45-43-41-39-37-20-18-16-14-12-10-8-6-4-2/h25-26,55-57,59-62,64-65,67-68H,3-24,27-54H2,1-2H3,(H,63,66)(H,69,70,71)/b26-25-. The topological polar surface area (TPSA) is 192 Å². The molecule has 0 bridgehead atoms. The van der Waals surface area contributed by atoms with Gasteiger partial charge < -0.3 is 35.2 Å². The number of carbonyl (C=O) groups excluding carboxylic acids is 1. The van der Waals surface area contributed by atoms with E-state index in [0.717, 1.165) is 51.4 Å². The average molecular weight is 1090 g/mol. The molecule has 446 valence electrons. The highest BCUT2D eigenvalue weighted by Gasteiger charge is 2.48. The Morgan fingerprint density at radius 1 is 0.520 bits per heavy atom. The van der Waals surface area contributed by atoms with Crippen molar-refractivity contribution < 1.29 is 51.8 Å². The van der Waals surface area contributed by atoms with E-state index in [2.05, 4.69) is 35.5 Å². The maximum absolute atomic E-state index is 13.2. The number of hydrogen-bond donors (Lipinski definition) is 6. The molecule has 7 unspecified atom stereocenters. The van der Waals surface area contributed by atoms with Crippen molar-refractivity contribution in [2.24, 2.45) is 0 Å². The molecule has 1 rings (SSSR count). The lowest BCUT2D eigenvalue weighted by atomic mass is 9.99. The van der Waals surface area contributed by atoms with Crippen LogP contribution >= 0.6 is 0 Å². The van der Waals surface area contributed by atoms with Crippen molar-refractivity contribution in [3.05, 3.63) is 12.2 Å². The molecule has 0 aromatic carbocycles. The highest BCUT2D eigenvalue weighted by atomic mass is 32.3. The van der Waals surface area contributed by atoms with Gasteiger partial charge >= 0.3 is 10.4 Å². The molecule has 1 aliphatic rings. The van der Waals surface area contributed by atoms with Gasteiger partial charge in [0.1, 0.15) is 24.4 Å². The molecule has 1 heterocycles. The van der Waals surface area contributed by atoms with Crippen molar-refractivity contribution in [3.63, 3.8) is 0 Å². The van der Waals surface area contributed by atoms with Gasteiger partial charge in [0.25, 0.3) is 0 Å². The fourth-order valence-corrected chi connectivity index (χ4v) is 11.1. The lowest BCUT2D eigenvalue weighted by Crippen LogP contribution is -2.61. The average Bonchev–Trinajstić information content (AvgIpc) is 3.39. The van der Waals surface area contributed by atoms with E-state index in [1.54, 1.807) is 0 Å². The first-order chi connectivity index (χ1) is 36.5. The molecular weight excluding hydrogens is 967 g/mol. The van der Waals surface area contributed by atoms with E-state index in [-0.39, 0.29) is 12.5 Å². The van der Waals surface area contributed by atoms with Crippen molar-refractivity contribution in [3.8, 4) is 0 Å². The number of ether oxygens (including phenoxy) is 2. The molecule has 0 radical (unpaired) electrons. The van der Waals surface area contributed by atoms with Gasteiger partial charge in [-0.2, -0.15) is 8.42 Å². The monoisotopic (exact) mass is 1090 g/mol. The molecule has 0 aromatic rings. The van der Waals surface area contributed by atoms with E-state index >= 15 is 0 Å². The van der Waals surface area contributed by atoms with E-state index in [1.165, 1.54) is 244 Å². The lowest BCUT2D eigenvalue weighted by Gasteiger charge is -2.41. The van der Waals surface area contributed by atoms with Crippen LogP contribution < -0.4 is 5.32 Å². The van der Waals surface area contributed by atoms with E-state index in [4.69, 9.17) is 9.47 Å². The Bertz CT molecular complexity index is 1370. The second-order valence-corrected chi connectivity index (χ2v) is 23.8. The van der Waals surface area contributed by atoms with Crippen molar-refractivity contribution in [1.29, 1.82) is 0 Å². The number of rotatable bonds is 57. The number of unbranched alkanes of at least 4 members (excludes halogenated alkanes) is 43. The quantitative estimate of drug-likeness (QED) is 0.0193. The number of carbonyl (C=O) groups is 1. The number of allylic oxidation sites excluding steroid dienone is 2. The minimum absolute atomic E-state index is 0.223. The van der Waals surface area contributed by atoms with Crippen molar-refractivity contribution in [2.45, 2.75) is 365 Å². The summed E-state index contributed by atoms with van der Waals surface area (Å²) < 4.78 is 48.0. The van der Waals surface area contributed by atoms with Crippen LogP contribution in [0.1, 0.15) is 322 Å². The van der Waals surface area contributed by atoms with E-state index in [1.807, 2.05) is 0 Å². The maximum Gasteiger partial charge on any atom is 0.397 e. The Kier molecular flexibility index (Phi) is 50.0.